The highest BCUT2D eigenvalue weighted by molar-refractivity contribution is 7.44. The van der Waals surface area contributed by atoms with Crippen molar-refractivity contribution >= 4 is 37.1 Å². The Bertz CT molecular complexity index is 3380. The third-order valence-electron chi connectivity index (χ3n) is 15.0. The summed E-state index contributed by atoms with van der Waals surface area (Å²) in [5.41, 5.74) is -2.46. The highest BCUT2D eigenvalue weighted by Gasteiger charge is 2.52. The molecule has 0 bridgehead atoms. The second-order valence-electron chi connectivity index (χ2n) is 24.3. The third-order valence-corrected chi connectivity index (χ3v) is 23.7. The molecule has 540 valence electrons. The molecular weight excluding hydrogens is 1290 g/mol. The predicted molar refractivity (Wildman–Crippen MR) is 363 cm³/mol. The fourth-order valence-electron chi connectivity index (χ4n) is 9.37. The Kier molecular flexibility index (Phi) is 34.5. The molecule has 6 N–H and O–H groups in total. The van der Waals surface area contributed by atoms with E-state index in [1.54, 1.807) is 20.8 Å². The van der Waals surface area contributed by atoms with Crippen molar-refractivity contribution in [2.45, 2.75) is 266 Å². The third kappa shape index (κ3) is 26.5. The van der Waals surface area contributed by atoms with Crippen molar-refractivity contribution in [2.75, 3.05) is 34.5 Å². The normalized spacial score (nSPS) is 23.0. The fourth-order valence-corrected chi connectivity index (χ4v) is 14.2. The van der Waals surface area contributed by atoms with Crippen molar-refractivity contribution in [1.82, 2.24) is 38.0 Å². The van der Waals surface area contributed by atoms with E-state index in [9.17, 15) is 38.4 Å². The zero-order valence-corrected chi connectivity index (χ0v) is 61.4. The van der Waals surface area contributed by atoms with Crippen molar-refractivity contribution in [3.8, 4) is 12.1 Å². The Balaban J connectivity index is 0.000000724. The Hall–Kier alpha value is -5.28. The van der Waals surface area contributed by atoms with Gasteiger partial charge in [0.2, 0.25) is 4.29 Å². The molecule has 95 heavy (non-hydrogen) atoms. The maximum Gasteiger partial charge on any atom is 0.330 e. The number of aromatic nitrogens is 6. The summed E-state index contributed by atoms with van der Waals surface area (Å²) in [6.45, 7) is 32.0. The van der Waals surface area contributed by atoms with Crippen LogP contribution in [0, 0.1) is 36.5 Å². The molecular formula is C62H108N10O20P2Si. The number of ether oxygens (including phenoxy) is 4. The number of rotatable bonds is 26. The Morgan fingerprint density at radius 1 is 0.705 bits per heavy atom. The molecule has 12 atom stereocenters. The zero-order chi connectivity index (χ0) is 77.2. The van der Waals surface area contributed by atoms with Crippen molar-refractivity contribution in [3.63, 3.8) is 0 Å². The Morgan fingerprint density at radius 3 is 1.55 bits per heavy atom. The molecule has 0 amide bonds. The lowest BCUT2D eigenvalue weighted by molar-refractivity contribution is -0.152. The van der Waals surface area contributed by atoms with Gasteiger partial charge in [-0.1, -0.05) is 27.7 Å². The average Bonchev–Trinajstić information content (AvgIpc) is 1.65. The van der Waals surface area contributed by atoms with Gasteiger partial charge in [-0.05, 0) is 108 Å². The van der Waals surface area contributed by atoms with Crippen LogP contribution >= 0.6 is 17.1 Å². The van der Waals surface area contributed by atoms with Crippen LogP contribution in [-0.2, 0) is 51.1 Å². The SMILES string of the molecule is [2H]C[C@H]1O[C@@H](n2cc(C)c(=O)[nH]c2=O)CC1OC(=O)CCC(=O)CC.[2H]C[C@H]1O[C@@H](n2cc(C)c(=O)[nH]c2=O)CC1OP(OCCC#N)N(C(C)C)C(C)C.[2H]C[C@H]1O[C@@H](n2ccc(=O)[nH]c2=O)[C@@H](O[Si](C)(C)C(C)(C)C)C1OP(OCCC#N)N(C(C)C)C(C)C.[3H]OC.[3H]OC.[3H]OC. The first-order valence-electron chi connectivity index (χ1n) is 34.4. The number of aryl methyl sites for hydroxylation is 2. The molecule has 0 radical (unpaired) electrons. The molecule has 6 rings (SSSR count). The molecule has 30 nitrogen and oxygen atoms in total. The fraction of sp³-hybridized carbons (Fsp3) is 0.742. The van der Waals surface area contributed by atoms with E-state index in [-0.39, 0.29) is 101 Å². The number of nitriles is 2. The summed E-state index contributed by atoms with van der Waals surface area (Å²) >= 11 is 0. The number of H-pyrrole nitrogens is 3. The predicted octanol–water partition coefficient (Wildman–Crippen LogP) is 6.97. The lowest BCUT2D eigenvalue weighted by Crippen LogP contribution is -2.50. The molecule has 6 heterocycles. The molecule has 3 fully saturated rings. The maximum absolute atomic E-state index is 12.8. The van der Waals surface area contributed by atoms with Crippen LogP contribution in [0.25, 0.3) is 0 Å². The summed E-state index contributed by atoms with van der Waals surface area (Å²) in [6.07, 6.45) is -1.05. The van der Waals surface area contributed by atoms with E-state index in [4.69, 9.17) is 60.4 Å². The first kappa shape index (κ1) is 77.1. The van der Waals surface area contributed by atoms with Gasteiger partial charge in [0.15, 0.2) is 14.5 Å². The van der Waals surface area contributed by atoms with Crippen LogP contribution in [0.2, 0.25) is 18.1 Å². The van der Waals surface area contributed by atoms with Gasteiger partial charge in [0.1, 0.15) is 36.6 Å². The standard InChI is InChI=1S/C24H43N4O6PSi.C19H31N4O5P.C16H22N2O6.3CH4O/c1-16(2)28(17(3)4)35(31-15-11-13-25)33-20-18(5)32-22(27-14-12-19(29)26-23(27)30)21(20)34-36(9,10)24(6,7)8;1-12(2)23(13(3)4)29(26-9-7-8-20)28-16-10-17(27-15(16)6)22-11-14(5)18(24)21-19(22)25;1-4-11(19)5-6-14(20)24-12-7-13(23-10(12)3)18-8-9(2)15(21)17-16(18)22;3*1-2/h12,14,16-18,20-22H,11,15H2,1-10H3,(H,26,29,30);11-13,15-17H,7,9-10H2,1-6H3,(H,21,24,25);8,10,12-13H,4-7H2,1-3H3,(H,17,21,22);3*2H,1H3/t18-,20?,21+,22-,35?;15-,16?,17-,29?;10-,12?,13-;;;/m111.../s1/i5D;6D;3D;3*2T. The largest absolute Gasteiger partial charge is 0.459 e. The van der Waals surface area contributed by atoms with Gasteiger partial charge < -0.3 is 56.8 Å². The second kappa shape index (κ2) is 42.5. The van der Waals surface area contributed by atoms with Crippen molar-refractivity contribution in [3.05, 3.63) is 98.3 Å². The van der Waals surface area contributed by atoms with Crippen LogP contribution in [0.5, 0.6) is 0 Å². The monoisotopic (exact) mass is 1410 g/mol. The van der Waals surface area contributed by atoms with Crippen LogP contribution in [0.1, 0.15) is 183 Å². The molecule has 0 saturated carbocycles. The summed E-state index contributed by atoms with van der Waals surface area (Å²) in [7, 11) is -1.67. The first-order chi connectivity index (χ1) is 47.4. The highest BCUT2D eigenvalue weighted by Crippen LogP contribution is 2.52. The number of carbonyl (C=O) groups excluding carboxylic acids is 2. The Morgan fingerprint density at radius 2 is 1.14 bits per heavy atom. The minimum absolute atomic E-state index is 0.0176. The van der Waals surface area contributed by atoms with E-state index >= 15 is 0 Å². The summed E-state index contributed by atoms with van der Waals surface area (Å²) < 4.78 is 104. The van der Waals surface area contributed by atoms with E-state index in [0.717, 1.165) is 0 Å². The minimum Gasteiger partial charge on any atom is -0.459 e. The molecule has 3 aliphatic heterocycles. The van der Waals surface area contributed by atoms with Gasteiger partial charge in [0, 0.05) is 111 Å². The van der Waals surface area contributed by atoms with E-state index in [0.29, 0.717) is 24.0 Å². The number of hydrogen-bond donors (Lipinski definition) is 6. The second-order valence-corrected chi connectivity index (χ2v) is 31.9. The van der Waals surface area contributed by atoms with Crippen LogP contribution in [-0.4, -0.2) is 179 Å². The summed E-state index contributed by atoms with van der Waals surface area (Å²) in [5, 5.41) is 28.3. The number of aliphatic hydroxyl groups excluding tert-OH is 3. The molecule has 3 aromatic rings. The zero-order valence-electron chi connectivity index (χ0n) is 64.6. The van der Waals surface area contributed by atoms with Crippen LogP contribution in [0.4, 0.5) is 0 Å². The summed E-state index contributed by atoms with van der Waals surface area (Å²) in [6, 6.07) is 5.90. The molecule has 0 aromatic carbocycles. The number of hydrogen-bond acceptors (Lipinski definition) is 24. The molecule has 0 aliphatic carbocycles. The van der Waals surface area contributed by atoms with E-state index in [2.05, 4.69) is 85.6 Å². The van der Waals surface area contributed by atoms with Gasteiger partial charge >= 0.3 is 23.0 Å². The first-order valence-corrected chi connectivity index (χ1v) is 36.3. The highest BCUT2D eigenvalue weighted by atomic mass is 31.2. The molecule has 33 heteroatoms. The van der Waals surface area contributed by atoms with Crippen molar-refractivity contribution in [2.24, 2.45) is 0 Å². The van der Waals surface area contributed by atoms with Gasteiger partial charge in [-0.15, -0.1) is 0 Å². The van der Waals surface area contributed by atoms with E-state index in [1.165, 1.54) is 59.7 Å². The lowest BCUT2D eigenvalue weighted by atomic mass is 10.1. The van der Waals surface area contributed by atoms with Crippen LogP contribution in [0.3, 0.4) is 0 Å². The molecule has 3 saturated heterocycles. The number of esters is 1. The summed E-state index contributed by atoms with van der Waals surface area (Å²) in [5.74, 6) is -0.552. The number of nitrogens with zero attached hydrogens (tertiary/aromatic N) is 7. The molecule has 3 aromatic heterocycles. The number of nitrogens with one attached hydrogen (secondary N) is 3. The van der Waals surface area contributed by atoms with E-state index < -0.39 is 126 Å². The van der Waals surface area contributed by atoms with Crippen LogP contribution < -0.4 is 33.7 Å². The van der Waals surface area contributed by atoms with Gasteiger partial charge in [-0.3, -0.25) is 52.6 Å². The van der Waals surface area contributed by atoms with Crippen LogP contribution in [0.15, 0.2) is 53.4 Å². The van der Waals surface area contributed by atoms with Crippen molar-refractivity contribution in [1.29, 1.82) is 14.8 Å². The molecule has 0 spiro atoms. The minimum atomic E-state index is -2.41. The number of aromatic amines is 3. The molecule has 3 aliphatic rings. The van der Waals surface area contributed by atoms with E-state index in [1.807, 2.05) is 55.4 Å². The smallest absolute Gasteiger partial charge is 0.330 e. The van der Waals surface area contributed by atoms with Gasteiger partial charge in [-0.25, -0.2) is 23.7 Å². The topological polar surface area (TPSA) is 397 Å². The number of ketones is 1. The van der Waals surface area contributed by atoms with Gasteiger partial charge in [0.05, 0.1) is 69.0 Å². The Labute approximate surface area is 569 Å². The molecule has 5 unspecified atom stereocenters. The van der Waals surface area contributed by atoms with Crippen molar-refractivity contribution < 1.29 is 70.5 Å². The average molecular weight is 1410 g/mol. The number of Topliss-reactive ketones (excluding diaryl/α,β-unsaturated/α-hetero) is 1. The number of aliphatic hydroxyl groups is 3. The van der Waals surface area contributed by atoms with Gasteiger partial charge in [0.25, 0.3) is 33.7 Å². The van der Waals surface area contributed by atoms with Gasteiger partial charge in [-0.2, -0.15) is 10.5 Å². The summed E-state index contributed by atoms with van der Waals surface area (Å²) in [4.78, 5) is 102. The number of carbonyl (C=O) groups is 2. The quantitative estimate of drug-likeness (QED) is 0.0204. The lowest BCUT2D eigenvalue weighted by Gasteiger charge is -2.42. The maximum atomic E-state index is 12.8.